The summed E-state index contributed by atoms with van der Waals surface area (Å²) in [5.41, 5.74) is 0. The molecule has 3 atom stereocenters. The van der Waals surface area contributed by atoms with Crippen LogP contribution in [0.2, 0.25) is 0 Å². The molecule has 1 rings (SSSR count). The standard InChI is InChI=1S/6Mo.3H2O.12O/h;;;;;;3*1H2;;;;;;;;;;;;/q;;;3*+1;;;;;;;;;;;;;;;/p-3. The summed E-state index contributed by atoms with van der Waals surface area (Å²) in [6, 6.07) is 0. The van der Waals surface area contributed by atoms with Gasteiger partial charge in [-0.3, -0.25) is 0 Å². The molecule has 0 aromatic carbocycles. The van der Waals surface area contributed by atoms with Crippen LogP contribution >= 0.6 is 0 Å². The molecule has 1 heterocycles. The van der Waals surface area contributed by atoms with Crippen LogP contribution in [0, 0.1) is 0 Å². The van der Waals surface area contributed by atoms with E-state index >= 15 is 0 Å². The molecule has 0 aromatic rings. The molecule has 0 aliphatic carbocycles. The van der Waals surface area contributed by atoms with Gasteiger partial charge >= 0.3 is 150 Å². The zero-order valence-corrected chi connectivity index (χ0v) is 20.7. The van der Waals surface area contributed by atoms with E-state index in [0.29, 0.717) is 0 Å². The third-order valence-corrected chi connectivity index (χ3v) is 29.7. The van der Waals surface area contributed by atoms with Crippen LogP contribution in [0.25, 0.3) is 0 Å². The molecule has 3 unspecified atom stereocenters. The topological polar surface area (TPSA) is 218 Å². The average Bonchev–Trinajstić information content (AvgIpc) is 2.06. The van der Waals surface area contributed by atoms with Gasteiger partial charge in [-0.05, 0) is 0 Å². The Hall–Kier alpha value is 2.57. The van der Waals surface area contributed by atoms with E-state index in [1.54, 1.807) is 0 Å². The van der Waals surface area contributed by atoms with Crippen molar-refractivity contribution < 1.29 is 150 Å². The van der Waals surface area contributed by atoms with E-state index in [1.807, 2.05) is 0 Å². The van der Waals surface area contributed by atoms with Gasteiger partial charge in [-0.2, -0.15) is 0 Å². The number of hydrogen-bond acceptors (Lipinski definition) is 12. The second kappa shape index (κ2) is 8.30. The Balaban J connectivity index is 3.09. The minimum absolute atomic E-state index is 3.72. The second-order valence-electron chi connectivity index (χ2n) is 2.30. The maximum absolute atomic E-state index is 11.3. The molecule has 21 heavy (non-hydrogen) atoms. The van der Waals surface area contributed by atoms with Gasteiger partial charge in [0.2, 0.25) is 0 Å². The van der Waals surface area contributed by atoms with Crippen molar-refractivity contribution >= 4 is 0 Å². The first-order valence-electron chi connectivity index (χ1n) is 3.55. The van der Waals surface area contributed by atoms with Crippen LogP contribution in [-0.4, -0.2) is 11.3 Å². The van der Waals surface area contributed by atoms with Crippen molar-refractivity contribution in [1.29, 1.82) is 0 Å². The maximum atomic E-state index is 11.3. The van der Waals surface area contributed by atoms with E-state index < -0.39 is 106 Å². The van der Waals surface area contributed by atoms with Gasteiger partial charge in [-0.15, -0.1) is 0 Å². The van der Waals surface area contributed by atoms with Gasteiger partial charge in [0.1, 0.15) is 0 Å². The molecule has 1 fully saturated rings. The zero-order chi connectivity index (χ0) is 16.5. The summed E-state index contributed by atoms with van der Waals surface area (Å²) in [7, 11) is 0. The minimum atomic E-state index is -6.37. The Morgan fingerprint density at radius 2 is 0.952 bits per heavy atom. The van der Waals surface area contributed by atoms with Crippen LogP contribution in [-0.2, 0) is 138 Å². The van der Waals surface area contributed by atoms with Crippen LogP contribution in [0.4, 0.5) is 0 Å². The fraction of sp³-hybridized carbons (Fsp3) is 0. The normalized spacial score (nSPS) is 43.0. The van der Waals surface area contributed by atoms with E-state index in [9.17, 15) is 20.4 Å². The monoisotopic (exact) mass is 830 g/mol. The van der Waals surface area contributed by atoms with Gasteiger partial charge in [0.05, 0.1) is 0 Å². The molecule has 0 bridgehead atoms. The van der Waals surface area contributed by atoms with Crippen LogP contribution in [0.15, 0.2) is 0 Å². The summed E-state index contributed by atoms with van der Waals surface area (Å²) in [6.45, 7) is 0. The van der Waals surface area contributed by atoms with Crippen molar-refractivity contribution in [3.8, 4) is 0 Å². The average molecular weight is 819 g/mol. The van der Waals surface area contributed by atoms with Gasteiger partial charge in [0, 0.05) is 0 Å². The molecule has 129 valence electrons. The molecule has 1 aliphatic rings. The molecule has 15 nitrogen and oxygen atoms in total. The van der Waals surface area contributed by atoms with Crippen molar-refractivity contribution in [3.63, 3.8) is 0 Å². The van der Waals surface area contributed by atoms with Crippen LogP contribution in [0.5, 0.6) is 0 Å². The fourth-order valence-electron chi connectivity index (χ4n) is 0.503. The Bertz CT molecular complexity index is 610. The Morgan fingerprint density at radius 3 is 1.43 bits per heavy atom. The van der Waals surface area contributed by atoms with Crippen molar-refractivity contribution in [2.24, 2.45) is 0 Å². The van der Waals surface area contributed by atoms with Crippen LogP contribution < -0.4 is 0 Å². The van der Waals surface area contributed by atoms with Crippen molar-refractivity contribution in [1.82, 2.24) is 0 Å². The van der Waals surface area contributed by atoms with E-state index in [4.69, 9.17) is 11.3 Å². The molecule has 0 spiro atoms. The molecule has 1 saturated heterocycles. The molecule has 0 saturated carbocycles. The van der Waals surface area contributed by atoms with Gasteiger partial charge in [-0.25, -0.2) is 0 Å². The first kappa shape index (κ1) is 21.6. The second-order valence-corrected chi connectivity index (χ2v) is 25.5. The molecular formula is H3Mo6O15. The molecule has 3 N–H and O–H groups in total. The van der Waals surface area contributed by atoms with Crippen LogP contribution in [0.3, 0.4) is 0 Å². The summed E-state index contributed by atoms with van der Waals surface area (Å²) < 4.78 is 117. The fourth-order valence-corrected chi connectivity index (χ4v) is 29.3. The first-order chi connectivity index (χ1) is 9.30. The van der Waals surface area contributed by atoms with Crippen molar-refractivity contribution in [2.75, 3.05) is 0 Å². The Kier molecular flexibility index (Phi) is 8.54. The van der Waals surface area contributed by atoms with Gasteiger partial charge in [0.15, 0.2) is 0 Å². The van der Waals surface area contributed by atoms with E-state index in [1.165, 1.54) is 0 Å². The first-order valence-corrected chi connectivity index (χ1v) is 21.0. The van der Waals surface area contributed by atoms with Crippen LogP contribution in [0.1, 0.15) is 0 Å². The summed E-state index contributed by atoms with van der Waals surface area (Å²) in [4.78, 5) is 0. The quantitative estimate of drug-likeness (QED) is 0.210. The third-order valence-electron chi connectivity index (χ3n) is 0.849. The molecule has 0 amide bonds. The van der Waals surface area contributed by atoms with Crippen molar-refractivity contribution in [2.45, 2.75) is 0 Å². The van der Waals surface area contributed by atoms with E-state index in [-0.39, 0.29) is 0 Å². The Morgan fingerprint density at radius 1 is 0.619 bits per heavy atom. The summed E-state index contributed by atoms with van der Waals surface area (Å²) >= 11 is -33.1. The summed E-state index contributed by atoms with van der Waals surface area (Å²) in [6.07, 6.45) is 0. The molecule has 0 radical (unpaired) electrons. The van der Waals surface area contributed by atoms with E-state index in [0.717, 1.165) is 0 Å². The zero-order valence-electron chi connectivity index (χ0n) is 8.69. The molecule has 1 aliphatic heterocycles. The number of rotatable bonds is 0. The van der Waals surface area contributed by atoms with Gasteiger partial charge < -0.3 is 0 Å². The SMILES string of the molecule is [O]=[Mo]1[O][Mo](=[O])[O][Mo](=[O])([OH])[O][Mo](=[O])([OH])[O][Mo](=[O])[O][Mo](=[O])([OH])[O]1. The van der Waals surface area contributed by atoms with Gasteiger partial charge in [-0.1, -0.05) is 0 Å². The molecule has 0 aromatic heterocycles. The van der Waals surface area contributed by atoms with Gasteiger partial charge in [0.25, 0.3) is 0 Å². The Labute approximate surface area is 147 Å². The predicted molar refractivity (Wildman–Crippen MR) is 17.3 cm³/mol. The van der Waals surface area contributed by atoms with Crippen molar-refractivity contribution in [3.05, 3.63) is 0 Å². The molecule has 21 heteroatoms. The summed E-state index contributed by atoms with van der Waals surface area (Å²) in [5, 5.41) is 0. The summed E-state index contributed by atoms with van der Waals surface area (Å²) in [5.74, 6) is 0. The molecular weight excluding hydrogens is 816 g/mol. The predicted octanol–water partition coefficient (Wildman–Crippen LogP) is -2.81. The third kappa shape index (κ3) is 9.00. The number of hydrogen-bond donors (Lipinski definition) is 3. The van der Waals surface area contributed by atoms with E-state index in [2.05, 4.69) is 12.3 Å².